The molecule has 0 aliphatic carbocycles. The van der Waals surface area contributed by atoms with Gasteiger partial charge in [-0.3, -0.25) is 4.90 Å². The van der Waals surface area contributed by atoms with Crippen LogP contribution in [0.15, 0.2) is 48.9 Å². The predicted molar refractivity (Wildman–Crippen MR) is 91.2 cm³/mol. The van der Waals surface area contributed by atoms with Crippen molar-refractivity contribution in [3.8, 4) is 11.3 Å². The van der Waals surface area contributed by atoms with Crippen molar-refractivity contribution in [2.75, 3.05) is 19.8 Å². The van der Waals surface area contributed by atoms with E-state index in [-0.39, 0.29) is 6.04 Å². The summed E-state index contributed by atoms with van der Waals surface area (Å²) in [5.41, 5.74) is 2.18. The second kappa shape index (κ2) is 6.59. The van der Waals surface area contributed by atoms with Gasteiger partial charge in [0.2, 0.25) is 0 Å². The molecule has 6 heteroatoms. The summed E-state index contributed by atoms with van der Waals surface area (Å²) in [7, 11) is 2.03. The number of ether oxygens (including phenoxy) is 1. The van der Waals surface area contributed by atoms with E-state index in [2.05, 4.69) is 36.6 Å². The monoisotopic (exact) mass is 323 g/mol. The van der Waals surface area contributed by atoms with Gasteiger partial charge in [-0.1, -0.05) is 30.3 Å². The Morgan fingerprint density at radius 2 is 2.12 bits per heavy atom. The third-order valence-corrected chi connectivity index (χ3v) is 4.50. The summed E-state index contributed by atoms with van der Waals surface area (Å²) < 4.78 is 7.76. The van der Waals surface area contributed by atoms with Crippen LogP contribution in [0.5, 0.6) is 0 Å². The van der Waals surface area contributed by atoms with Gasteiger partial charge in [-0.05, 0) is 5.56 Å². The molecule has 1 aliphatic heterocycles. The highest BCUT2D eigenvalue weighted by atomic mass is 16.5. The number of hydrogen-bond donors (Lipinski definition) is 1. The molecule has 124 valence electrons. The molecule has 1 fully saturated rings. The number of hydrogen-bond acceptors (Lipinski definition) is 4. The molecule has 1 saturated heterocycles. The summed E-state index contributed by atoms with van der Waals surface area (Å²) in [6.45, 7) is 3.05. The maximum Gasteiger partial charge on any atom is 0.126 e. The molecular formula is C18H21N5O. The summed E-state index contributed by atoms with van der Waals surface area (Å²) in [5.74, 6) is 2.00. The second-order valence-electron chi connectivity index (χ2n) is 6.06. The van der Waals surface area contributed by atoms with E-state index in [4.69, 9.17) is 4.74 Å². The summed E-state index contributed by atoms with van der Waals surface area (Å²) in [6.07, 6.45) is 5.72. The molecular weight excluding hydrogens is 302 g/mol. The van der Waals surface area contributed by atoms with Gasteiger partial charge >= 0.3 is 0 Å². The lowest BCUT2D eigenvalue weighted by atomic mass is 10.2. The van der Waals surface area contributed by atoms with E-state index < -0.39 is 0 Å². The minimum absolute atomic E-state index is 0.118. The number of nitrogens with zero attached hydrogens (tertiary/aromatic N) is 4. The molecule has 1 aliphatic rings. The molecule has 0 radical (unpaired) electrons. The van der Waals surface area contributed by atoms with E-state index >= 15 is 0 Å². The zero-order valence-electron chi connectivity index (χ0n) is 13.7. The molecule has 1 aromatic carbocycles. The number of benzene rings is 1. The topological polar surface area (TPSA) is 59.0 Å². The van der Waals surface area contributed by atoms with Gasteiger partial charge in [0.25, 0.3) is 0 Å². The maximum atomic E-state index is 5.70. The van der Waals surface area contributed by atoms with Crippen LogP contribution in [-0.4, -0.2) is 44.2 Å². The van der Waals surface area contributed by atoms with Crippen molar-refractivity contribution < 1.29 is 4.74 Å². The van der Waals surface area contributed by atoms with Crippen molar-refractivity contribution in [3.05, 3.63) is 60.6 Å². The highest BCUT2D eigenvalue weighted by Crippen LogP contribution is 2.26. The van der Waals surface area contributed by atoms with Crippen molar-refractivity contribution >= 4 is 0 Å². The summed E-state index contributed by atoms with van der Waals surface area (Å²) in [6, 6.07) is 10.4. The molecule has 24 heavy (non-hydrogen) atoms. The third kappa shape index (κ3) is 2.98. The van der Waals surface area contributed by atoms with Gasteiger partial charge in [-0.2, -0.15) is 0 Å². The number of nitrogens with one attached hydrogen (secondary N) is 1. The van der Waals surface area contributed by atoms with Crippen LogP contribution >= 0.6 is 0 Å². The predicted octanol–water partition coefficient (Wildman–Crippen LogP) is 2.38. The Morgan fingerprint density at radius 3 is 2.92 bits per heavy atom. The molecule has 1 atom stereocenters. The van der Waals surface area contributed by atoms with Crippen LogP contribution in [0.25, 0.3) is 11.3 Å². The number of imidazole rings is 2. The fourth-order valence-electron chi connectivity index (χ4n) is 3.08. The number of aromatic nitrogens is 4. The van der Waals surface area contributed by atoms with Gasteiger partial charge in [0, 0.05) is 26.0 Å². The molecule has 3 aromatic rings. The zero-order valence-corrected chi connectivity index (χ0v) is 13.7. The van der Waals surface area contributed by atoms with Crippen molar-refractivity contribution in [2.45, 2.75) is 12.6 Å². The van der Waals surface area contributed by atoms with Crippen LogP contribution in [-0.2, 0) is 18.3 Å². The van der Waals surface area contributed by atoms with Crippen molar-refractivity contribution in [1.82, 2.24) is 24.4 Å². The fourth-order valence-corrected chi connectivity index (χ4v) is 3.08. The van der Waals surface area contributed by atoms with Gasteiger partial charge in [-0.25, -0.2) is 9.97 Å². The number of morpholine rings is 1. The van der Waals surface area contributed by atoms with Crippen molar-refractivity contribution in [3.63, 3.8) is 0 Å². The van der Waals surface area contributed by atoms with E-state index in [0.717, 1.165) is 42.6 Å². The third-order valence-electron chi connectivity index (χ3n) is 4.50. The highest BCUT2D eigenvalue weighted by molar-refractivity contribution is 5.58. The number of aromatic amines is 1. The van der Waals surface area contributed by atoms with Gasteiger partial charge in [0.05, 0.1) is 37.7 Å². The maximum absolute atomic E-state index is 5.70. The smallest absolute Gasteiger partial charge is 0.126 e. The summed E-state index contributed by atoms with van der Waals surface area (Å²) in [5, 5.41) is 0. The lowest BCUT2D eigenvalue weighted by Crippen LogP contribution is -2.40. The van der Waals surface area contributed by atoms with Crippen LogP contribution in [0, 0.1) is 0 Å². The number of H-pyrrole nitrogens is 1. The molecule has 1 unspecified atom stereocenters. The Morgan fingerprint density at radius 1 is 1.25 bits per heavy atom. The second-order valence-corrected chi connectivity index (χ2v) is 6.06. The van der Waals surface area contributed by atoms with Crippen LogP contribution in [0.4, 0.5) is 0 Å². The van der Waals surface area contributed by atoms with E-state index in [1.54, 1.807) is 0 Å². The molecule has 1 N–H and O–H groups in total. The summed E-state index contributed by atoms with van der Waals surface area (Å²) >= 11 is 0. The fraction of sp³-hybridized carbons (Fsp3) is 0.333. The van der Waals surface area contributed by atoms with Crippen LogP contribution in [0.3, 0.4) is 0 Å². The molecule has 6 nitrogen and oxygen atoms in total. The Kier molecular flexibility index (Phi) is 4.15. The number of rotatable bonds is 4. The lowest BCUT2D eigenvalue weighted by Gasteiger charge is -2.34. The van der Waals surface area contributed by atoms with Gasteiger partial charge in [0.1, 0.15) is 11.6 Å². The standard InChI is InChI=1S/C18H21N5O/c1-22-8-7-19-17(22)12-23-9-10-24-13-16(23)18-20-11-15(21-18)14-5-3-2-4-6-14/h2-8,11,16H,9-10,12-13H2,1H3,(H,20,21). The zero-order chi connectivity index (χ0) is 16.4. The first-order valence-electron chi connectivity index (χ1n) is 8.19. The average Bonchev–Trinajstić information content (AvgIpc) is 3.26. The number of aryl methyl sites for hydroxylation is 1. The average molecular weight is 323 g/mol. The van der Waals surface area contributed by atoms with Crippen molar-refractivity contribution in [2.24, 2.45) is 7.05 Å². The molecule has 2 aromatic heterocycles. The Balaban J connectivity index is 1.57. The molecule has 0 bridgehead atoms. The quantitative estimate of drug-likeness (QED) is 0.801. The Hall–Kier alpha value is -2.44. The van der Waals surface area contributed by atoms with Gasteiger partial charge in [-0.15, -0.1) is 0 Å². The first-order valence-corrected chi connectivity index (χ1v) is 8.19. The summed E-state index contributed by atoms with van der Waals surface area (Å²) in [4.78, 5) is 14.9. The first kappa shape index (κ1) is 15.1. The molecule has 0 saturated carbocycles. The molecule has 0 amide bonds. The van der Waals surface area contributed by atoms with Gasteiger partial charge in [0.15, 0.2) is 0 Å². The van der Waals surface area contributed by atoms with E-state index in [9.17, 15) is 0 Å². The van der Waals surface area contributed by atoms with Crippen LogP contribution in [0.1, 0.15) is 17.7 Å². The highest BCUT2D eigenvalue weighted by Gasteiger charge is 2.28. The minimum atomic E-state index is 0.118. The molecule has 4 rings (SSSR count). The van der Waals surface area contributed by atoms with Crippen LogP contribution < -0.4 is 0 Å². The Labute approximate surface area is 141 Å². The van der Waals surface area contributed by atoms with E-state index in [0.29, 0.717) is 6.61 Å². The normalized spacial score (nSPS) is 18.8. The minimum Gasteiger partial charge on any atom is -0.378 e. The first-order chi connectivity index (χ1) is 11.8. The van der Waals surface area contributed by atoms with Crippen molar-refractivity contribution in [1.29, 1.82) is 0 Å². The Bertz CT molecular complexity index is 795. The van der Waals surface area contributed by atoms with Gasteiger partial charge < -0.3 is 14.3 Å². The van der Waals surface area contributed by atoms with Crippen LogP contribution in [0.2, 0.25) is 0 Å². The van der Waals surface area contributed by atoms with E-state index in [1.165, 1.54) is 0 Å². The molecule has 0 spiro atoms. The lowest BCUT2D eigenvalue weighted by molar-refractivity contribution is -0.0170. The largest absolute Gasteiger partial charge is 0.378 e. The molecule has 3 heterocycles. The SMILES string of the molecule is Cn1ccnc1CN1CCOCC1c1ncc(-c2ccccc2)[nH]1. The van der Waals surface area contributed by atoms with E-state index in [1.807, 2.05) is 43.8 Å².